The minimum absolute atomic E-state index is 0.0800. The number of amides is 1. The van der Waals surface area contributed by atoms with Crippen molar-refractivity contribution >= 4 is 44.7 Å². The molecule has 0 bridgehead atoms. The van der Waals surface area contributed by atoms with Crippen molar-refractivity contribution < 1.29 is 26.4 Å². The van der Waals surface area contributed by atoms with Crippen LogP contribution in [-0.2, 0) is 14.8 Å². The Hall–Kier alpha value is -4.24. The smallest absolute Gasteiger partial charge is 0.243 e. The topological polar surface area (TPSA) is 148 Å². The van der Waals surface area contributed by atoms with Crippen LogP contribution in [0, 0.1) is 30.3 Å². The Labute approximate surface area is 258 Å². The van der Waals surface area contributed by atoms with Gasteiger partial charge in [0.05, 0.1) is 11.1 Å². The number of hydrogen-bond donors (Lipinski definition) is 3. The van der Waals surface area contributed by atoms with Crippen molar-refractivity contribution in [3.8, 4) is 0 Å². The maximum Gasteiger partial charge on any atom is 0.243 e. The Kier molecular flexibility index (Phi) is 8.39. The van der Waals surface area contributed by atoms with E-state index in [9.17, 15) is 26.4 Å². The number of carbonyl (C=O) groups excluding carboxylic acids is 1. The zero-order valence-electron chi connectivity index (χ0n) is 24.5. The van der Waals surface area contributed by atoms with Crippen LogP contribution in [-0.4, -0.2) is 57.3 Å². The molecule has 1 amide bonds. The Morgan fingerprint density at radius 2 is 1.69 bits per heavy atom. The maximum atomic E-state index is 14.6. The second-order valence-corrected chi connectivity index (χ2v) is 13.6. The lowest BCUT2D eigenvalue weighted by Crippen LogP contribution is -2.45. The number of nitrogens with two attached hydrogens (primary N) is 1. The van der Waals surface area contributed by atoms with Gasteiger partial charge in [-0.2, -0.15) is 9.29 Å². The highest BCUT2D eigenvalue weighted by Crippen LogP contribution is 2.37. The lowest BCUT2D eigenvalue weighted by Gasteiger charge is -2.32. The summed E-state index contributed by atoms with van der Waals surface area (Å²) < 4.78 is 72.6. The number of piperidine rings is 1. The summed E-state index contributed by atoms with van der Waals surface area (Å²) in [5.41, 5.74) is 6.64. The van der Waals surface area contributed by atoms with Crippen molar-refractivity contribution in [2.24, 2.45) is 11.7 Å². The number of nitrogens with one attached hydrogen (secondary N) is 2. The summed E-state index contributed by atoms with van der Waals surface area (Å²) in [6, 6.07) is 7.36. The van der Waals surface area contributed by atoms with E-state index in [4.69, 9.17) is 10.7 Å². The number of rotatable bonds is 8. The van der Waals surface area contributed by atoms with Crippen molar-refractivity contribution in [2.45, 2.75) is 62.4 Å². The van der Waals surface area contributed by atoms with Gasteiger partial charge in [-0.05, 0) is 57.6 Å². The normalized spacial score (nSPS) is 21.1. The minimum atomic E-state index is -3.69. The molecule has 1 saturated carbocycles. The molecule has 0 spiro atoms. The number of hydrogen-bond acceptors (Lipinski definition) is 8. The Morgan fingerprint density at radius 1 is 1.00 bits per heavy atom. The third-order valence-electron chi connectivity index (χ3n) is 8.52. The third kappa shape index (κ3) is 6.31. The number of benzene rings is 2. The molecule has 45 heavy (non-hydrogen) atoms. The average Bonchev–Trinajstić information content (AvgIpc) is 3.36. The molecule has 2 fully saturated rings. The zero-order chi connectivity index (χ0) is 31.9. The largest absolute Gasteiger partial charge is 0.369 e. The third-order valence-corrected chi connectivity index (χ3v) is 10.4. The molecule has 2 aliphatic rings. The van der Waals surface area contributed by atoms with Gasteiger partial charge >= 0.3 is 0 Å². The first-order chi connectivity index (χ1) is 21.5. The predicted molar refractivity (Wildman–Crippen MR) is 162 cm³/mol. The number of imidazole rings is 1. The standard InChI is InChI=1S/C30H33F3N8O3S/c1-17-4-10-22(11-5-17)45(43,44)40-12-2-3-20(16-40)36-29-35-15-25-28(39-29)41(21-8-6-18(7-9-21)27(34)42)30(37-25)38-26-23(32)13-19(31)14-24(26)33/h4-5,10-11,13-15,18,20-21H,2-3,6-9,12,16H2,1H3,(H2,34,42)(H,37,38)(H,35,36,39)/t18-,20-,21+/m1/s1. The number of halogens is 3. The summed E-state index contributed by atoms with van der Waals surface area (Å²) in [5.74, 6) is -3.65. The van der Waals surface area contributed by atoms with Crippen molar-refractivity contribution in [3.05, 3.63) is 65.6 Å². The van der Waals surface area contributed by atoms with Gasteiger partial charge < -0.3 is 16.4 Å². The molecule has 4 aromatic rings. The predicted octanol–water partition coefficient (Wildman–Crippen LogP) is 4.78. The molecular formula is C30H33F3N8O3S. The first kappa shape index (κ1) is 30.8. The Bertz CT molecular complexity index is 1820. The summed E-state index contributed by atoms with van der Waals surface area (Å²) in [6.45, 7) is 2.50. The van der Waals surface area contributed by atoms with E-state index in [1.165, 1.54) is 10.5 Å². The van der Waals surface area contributed by atoms with Crippen LogP contribution in [0.3, 0.4) is 0 Å². The van der Waals surface area contributed by atoms with Gasteiger partial charge in [0.15, 0.2) is 17.3 Å². The van der Waals surface area contributed by atoms with E-state index in [0.717, 1.165) is 5.56 Å². The van der Waals surface area contributed by atoms with Crippen LogP contribution >= 0.6 is 0 Å². The van der Waals surface area contributed by atoms with Crippen LogP contribution in [0.1, 0.15) is 50.1 Å². The number of aryl methyl sites for hydroxylation is 1. The molecule has 1 aliphatic carbocycles. The molecule has 0 unspecified atom stereocenters. The van der Waals surface area contributed by atoms with Crippen LogP contribution in [0.5, 0.6) is 0 Å². The lowest BCUT2D eigenvalue weighted by atomic mass is 9.85. The van der Waals surface area contributed by atoms with E-state index in [1.54, 1.807) is 28.8 Å². The number of sulfonamides is 1. The first-order valence-corrected chi connectivity index (χ1v) is 16.2. The molecule has 0 radical (unpaired) electrons. The highest BCUT2D eigenvalue weighted by atomic mass is 32.2. The van der Waals surface area contributed by atoms with Gasteiger partial charge in [0, 0.05) is 43.2 Å². The van der Waals surface area contributed by atoms with E-state index in [-0.39, 0.29) is 47.2 Å². The van der Waals surface area contributed by atoms with E-state index >= 15 is 0 Å². The molecule has 3 heterocycles. The van der Waals surface area contributed by atoms with Crippen molar-refractivity contribution in [1.29, 1.82) is 0 Å². The zero-order valence-corrected chi connectivity index (χ0v) is 25.3. The van der Waals surface area contributed by atoms with Crippen LogP contribution in [0.2, 0.25) is 0 Å². The van der Waals surface area contributed by atoms with Gasteiger partial charge in [-0.3, -0.25) is 9.36 Å². The number of primary amides is 1. The molecule has 15 heteroatoms. The fraction of sp³-hybridized carbons (Fsp3) is 0.400. The summed E-state index contributed by atoms with van der Waals surface area (Å²) in [7, 11) is -3.69. The van der Waals surface area contributed by atoms with Gasteiger partial charge in [-0.15, -0.1) is 0 Å². The number of carbonyl (C=O) groups is 1. The van der Waals surface area contributed by atoms with Crippen LogP contribution in [0.4, 0.5) is 30.8 Å². The fourth-order valence-electron chi connectivity index (χ4n) is 6.11. The van der Waals surface area contributed by atoms with Gasteiger partial charge in [0.2, 0.25) is 27.8 Å². The summed E-state index contributed by atoms with van der Waals surface area (Å²) >= 11 is 0. The van der Waals surface area contributed by atoms with E-state index in [0.29, 0.717) is 68.4 Å². The molecule has 2 aromatic heterocycles. The molecule has 1 saturated heterocycles. The van der Waals surface area contributed by atoms with E-state index < -0.39 is 33.2 Å². The first-order valence-electron chi connectivity index (χ1n) is 14.8. The number of aromatic nitrogens is 4. The number of fused-ring (bicyclic) bond motifs is 1. The van der Waals surface area contributed by atoms with Crippen LogP contribution in [0.25, 0.3) is 11.2 Å². The lowest BCUT2D eigenvalue weighted by molar-refractivity contribution is -0.122. The quantitative estimate of drug-likeness (QED) is 0.249. The Balaban J connectivity index is 1.30. The SMILES string of the molecule is Cc1ccc(S(=O)(=O)N2CCC[C@@H](Nc3ncc4nc(Nc5c(F)cc(F)cc5F)n([C@H]5CC[C@@H](C(N)=O)CC5)c4n3)C2)cc1. The molecular weight excluding hydrogens is 609 g/mol. The molecule has 238 valence electrons. The second kappa shape index (κ2) is 12.3. The van der Waals surface area contributed by atoms with Gasteiger partial charge in [-0.25, -0.2) is 31.6 Å². The summed E-state index contributed by atoms with van der Waals surface area (Å²) in [6.07, 6.45) is 4.89. The molecule has 11 nitrogen and oxygen atoms in total. The molecule has 1 aliphatic heterocycles. The molecule has 6 rings (SSSR count). The number of anilines is 3. The average molecular weight is 643 g/mol. The van der Waals surface area contributed by atoms with Crippen LogP contribution in [0.15, 0.2) is 47.5 Å². The summed E-state index contributed by atoms with van der Waals surface area (Å²) in [4.78, 5) is 25.6. The fourth-order valence-corrected chi connectivity index (χ4v) is 7.63. The maximum absolute atomic E-state index is 14.6. The van der Waals surface area contributed by atoms with Gasteiger partial charge in [0.1, 0.15) is 17.0 Å². The molecule has 4 N–H and O–H groups in total. The minimum Gasteiger partial charge on any atom is -0.369 e. The summed E-state index contributed by atoms with van der Waals surface area (Å²) in [5, 5.41) is 5.94. The Morgan fingerprint density at radius 3 is 2.36 bits per heavy atom. The van der Waals surface area contributed by atoms with Crippen LogP contribution < -0.4 is 16.4 Å². The molecule has 1 atom stereocenters. The number of nitrogens with zero attached hydrogens (tertiary/aromatic N) is 5. The van der Waals surface area contributed by atoms with E-state index in [1.807, 2.05) is 6.92 Å². The van der Waals surface area contributed by atoms with Gasteiger partial charge in [0.25, 0.3) is 0 Å². The van der Waals surface area contributed by atoms with Crippen molar-refractivity contribution in [2.75, 3.05) is 23.7 Å². The van der Waals surface area contributed by atoms with E-state index in [2.05, 4.69) is 20.6 Å². The highest BCUT2D eigenvalue weighted by molar-refractivity contribution is 7.89. The van der Waals surface area contributed by atoms with Gasteiger partial charge in [-0.1, -0.05) is 17.7 Å². The molecule has 2 aromatic carbocycles. The van der Waals surface area contributed by atoms with Crippen molar-refractivity contribution in [1.82, 2.24) is 23.8 Å². The monoisotopic (exact) mass is 642 g/mol. The highest BCUT2D eigenvalue weighted by Gasteiger charge is 2.32. The van der Waals surface area contributed by atoms with Crippen molar-refractivity contribution in [3.63, 3.8) is 0 Å². The second-order valence-electron chi connectivity index (χ2n) is 11.6.